The van der Waals surface area contributed by atoms with Gasteiger partial charge in [0.25, 0.3) is 5.91 Å². The second kappa shape index (κ2) is 7.15. The number of nitrogens with one attached hydrogen (secondary N) is 1. The van der Waals surface area contributed by atoms with Gasteiger partial charge in [0.2, 0.25) is 5.43 Å². The highest BCUT2D eigenvalue weighted by Crippen LogP contribution is 2.30. The number of carbonyl (C=O) groups is 1. The van der Waals surface area contributed by atoms with Crippen LogP contribution in [0.5, 0.6) is 0 Å². The van der Waals surface area contributed by atoms with Gasteiger partial charge in [0.05, 0.1) is 11.3 Å². The van der Waals surface area contributed by atoms with Crippen molar-refractivity contribution in [1.29, 1.82) is 0 Å². The van der Waals surface area contributed by atoms with Crippen LogP contribution in [0.15, 0.2) is 35.1 Å². The van der Waals surface area contributed by atoms with Gasteiger partial charge in [-0.1, -0.05) is 6.07 Å². The number of aryl methyl sites for hydroxylation is 1. The van der Waals surface area contributed by atoms with Gasteiger partial charge in [-0.2, -0.15) is 18.3 Å². The lowest BCUT2D eigenvalue weighted by molar-refractivity contribution is -0.137. The van der Waals surface area contributed by atoms with Crippen LogP contribution in [0.2, 0.25) is 0 Å². The molecule has 1 unspecified atom stereocenters. The zero-order valence-corrected chi connectivity index (χ0v) is 14.9. The lowest BCUT2D eigenvalue weighted by Gasteiger charge is -2.31. The molecular formula is C18H19F3N4O2. The van der Waals surface area contributed by atoms with Crippen LogP contribution in [0, 0.1) is 6.92 Å². The summed E-state index contributed by atoms with van der Waals surface area (Å²) < 4.78 is 40.2. The molecule has 1 N–H and O–H groups in total. The standard InChI is InChI=1S/C18H19F3N4O2/c1-11-10-24(7-6-22-11)17(27)16-15(26)8-12(2)25(23-16)14-5-3-4-13(9-14)18(19,20)21/h3-5,8-9,11,22H,6-7,10H2,1-2H3. The first-order chi connectivity index (χ1) is 12.7. The fraction of sp³-hybridized carbons (Fsp3) is 0.389. The van der Waals surface area contributed by atoms with E-state index in [0.717, 1.165) is 12.1 Å². The average Bonchev–Trinajstić information content (AvgIpc) is 2.61. The Morgan fingerprint density at radius 3 is 2.70 bits per heavy atom. The van der Waals surface area contributed by atoms with E-state index in [2.05, 4.69) is 10.4 Å². The van der Waals surface area contributed by atoms with Crippen LogP contribution in [0.4, 0.5) is 13.2 Å². The Labute approximate surface area is 153 Å². The van der Waals surface area contributed by atoms with Crippen LogP contribution in [0.1, 0.15) is 28.7 Å². The number of benzene rings is 1. The lowest BCUT2D eigenvalue weighted by atomic mass is 10.2. The molecule has 1 atom stereocenters. The number of piperazine rings is 1. The summed E-state index contributed by atoms with van der Waals surface area (Å²) in [6, 6.07) is 5.89. The van der Waals surface area contributed by atoms with E-state index in [1.165, 1.54) is 27.8 Å². The third kappa shape index (κ3) is 4.02. The number of nitrogens with zero attached hydrogens (tertiary/aromatic N) is 3. The SMILES string of the molecule is Cc1cc(=O)c(C(=O)N2CCNC(C)C2)nn1-c1cccc(C(F)(F)F)c1. The van der Waals surface area contributed by atoms with Crippen LogP contribution < -0.4 is 10.7 Å². The van der Waals surface area contributed by atoms with Gasteiger partial charge >= 0.3 is 6.18 Å². The topological polar surface area (TPSA) is 67.2 Å². The van der Waals surface area contributed by atoms with Gasteiger partial charge in [0.15, 0.2) is 5.69 Å². The van der Waals surface area contributed by atoms with Crippen molar-refractivity contribution in [2.45, 2.75) is 26.1 Å². The number of rotatable bonds is 2. The molecule has 27 heavy (non-hydrogen) atoms. The minimum absolute atomic E-state index is 0.0823. The number of hydrogen-bond acceptors (Lipinski definition) is 4. The van der Waals surface area contributed by atoms with Crippen LogP contribution >= 0.6 is 0 Å². The van der Waals surface area contributed by atoms with Gasteiger partial charge in [0, 0.05) is 37.4 Å². The summed E-state index contributed by atoms with van der Waals surface area (Å²) in [5, 5.41) is 7.29. The molecule has 0 aliphatic carbocycles. The molecule has 144 valence electrons. The molecule has 9 heteroatoms. The minimum Gasteiger partial charge on any atom is -0.334 e. The van der Waals surface area contributed by atoms with E-state index in [-0.39, 0.29) is 17.4 Å². The van der Waals surface area contributed by atoms with Gasteiger partial charge in [-0.3, -0.25) is 9.59 Å². The zero-order chi connectivity index (χ0) is 19.8. The van der Waals surface area contributed by atoms with E-state index < -0.39 is 23.1 Å². The molecule has 0 saturated carbocycles. The van der Waals surface area contributed by atoms with Crippen molar-refractivity contribution >= 4 is 5.91 Å². The highest BCUT2D eigenvalue weighted by Gasteiger charge is 2.31. The predicted molar refractivity (Wildman–Crippen MR) is 92.9 cm³/mol. The van der Waals surface area contributed by atoms with Crippen molar-refractivity contribution in [3.63, 3.8) is 0 Å². The number of halogens is 3. The van der Waals surface area contributed by atoms with E-state index >= 15 is 0 Å². The number of hydrogen-bond donors (Lipinski definition) is 1. The van der Waals surface area contributed by atoms with Gasteiger partial charge in [-0.15, -0.1) is 0 Å². The van der Waals surface area contributed by atoms with E-state index in [1.807, 2.05) is 6.92 Å². The maximum Gasteiger partial charge on any atom is 0.416 e. The van der Waals surface area contributed by atoms with E-state index in [9.17, 15) is 22.8 Å². The third-order valence-corrected chi connectivity index (χ3v) is 4.38. The molecule has 1 aromatic heterocycles. The molecule has 2 aromatic rings. The second-order valence-corrected chi connectivity index (χ2v) is 6.56. The third-order valence-electron chi connectivity index (χ3n) is 4.38. The summed E-state index contributed by atoms with van der Waals surface area (Å²) in [6.45, 7) is 4.93. The van der Waals surface area contributed by atoms with Crippen LogP contribution in [-0.4, -0.2) is 46.3 Å². The van der Waals surface area contributed by atoms with Crippen molar-refractivity contribution in [2.24, 2.45) is 0 Å². The Morgan fingerprint density at radius 1 is 1.30 bits per heavy atom. The predicted octanol–water partition coefficient (Wildman–Crippen LogP) is 1.99. The fourth-order valence-electron chi connectivity index (χ4n) is 3.04. The van der Waals surface area contributed by atoms with Crippen LogP contribution in [-0.2, 0) is 6.18 Å². The molecule has 1 fully saturated rings. The van der Waals surface area contributed by atoms with E-state index in [1.54, 1.807) is 6.92 Å². The molecule has 1 aromatic carbocycles. The maximum atomic E-state index is 13.0. The van der Waals surface area contributed by atoms with Crippen LogP contribution in [0.25, 0.3) is 5.69 Å². The summed E-state index contributed by atoms with van der Waals surface area (Å²) in [5.74, 6) is -0.519. The Bertz CT molecular complexity index is 924. The summed E-state index contributed by atoms with van der Waals surface area (Å²) in [7, 11) is 0. The first-order valence-corrected chi connectivity index (χ1v) is 8.48. The quantitative estimate of drug-likeness (QED) is 0.865. The molecular weight excluding hydrogens is 361 g/mol. The van der Waals surface area contributed by atoms with Gasteiger partial charge < -0.3 is 10.2 Å². The largest absolute Gasteiger partial charge is 0.416 e. The van der Waals surface area contributed by atoms with Crippen molar-refractivity contribution < 1.29 is 18.0 Å². The Morgan fingerprint density at radius 2 is 2.04 bits per heavy atom. The first kappa shape index (κ1) is 19.1. The molecule has 6 nitrogen and oxygen atoms in total. The lowest BCUT2D eigenvalue weighted by Crippen LogP contribution is -2.52. The zero-order valence-electron chi connectivity index (χ0n) is 14.9. The van der Waals surface area contributed by atoms with Crippen molar-refractivity contribution in [1.82, 2.24) is 20.0 Å². The summed E-state index contributed by atoms with van der Waals surface area (Å²) in [5.41, 5.74) is -1.21. The highest BCUT2D eigenvalue weighted by atomic mass is 19.4. The number of aromatic nitrogens is 2. The minimum atomic E-state index is -4.50. The Balaban J connectivity index is 2.02. The molecule has 0 bridgehead atoms. The fourth-order valence-corrected chi connectivity index (χ4v) is 3.04. The Hall–Kier alpha value is -2.68. The summed E-state index contributed by atoms with van der Waals surface area (Å²) in [4.78, 5) is 26.6. The van der Waals surface area contributed by atoms with Gasteiger partial charge in [-0.05, 0) is 32.0 Å². The van der Waals surface area contributed by atoms with Crippen molar-refractivity contribution in [3.8, 4) is 5.69 Å². The van der Waals surface area contributed by atoms with E-state index in [0.29, 0.717) is 25.3 Å². The molecule has 2 heterocycles. The van der Waals surface area contributed by atoms with Crippen molar-refractivity contribution in [2.75, 3.05) is 19.6 Å². The number of carbonyl (C=O) groups excluding carboxylic acids is 1. The molecule has 0 radical (unpaired) electrons. The van der Waals surface area contributed by atoms with Gasteiger partial charge in [-0.25, -0.2) is 4.68 Å². The van der Waals surface area contributed by atoms with Gasteiger partial charge in [0.1, 0.15) is 0 Å². The normalized spacial score (nSPS) is 17.8. The average molecular weight is 380 g/mol. The number of amides is 1. The smallest absolute Gasteiger partial charge is 0.334 e. The number of alkyl halides is 3. The molecule has 1 aliphatic heterocycles. The summed E-state index contributed by atoms with van der Waals surface area (Å²) >= 11 is 0. The summed E-state index contributed by atoms with van der Waals surface area (Å²) in [6.07, 6.45) is -4.50. The molecule has 1 saturated heterocycles. The highest BCUT2D eigenvalue weighted by molar-refractivity contribution is 5.92. The monoisotopic (exact) mass is 380 g/mol. The first-order valence-electron chi connectivity index (χ1n) is 8.48. The molecule has 0 spiro atoms. The van der Waals surface area contributed by atoms with Crippen molar-refractivity contribution in [3.05, 3.63) is 57.5 Å². The molecule has 1 aliphatic rings. The second-order valence-electron chi connectivity index (χ2n) is 6.56. The molecule has 1 amide bonds. The van der Waals surface area contributed by atoms with E-state index in [4.69, 9.17) is 0 Å². The molecule has 3 rings (SSSR count). The maximum absolute atomic E-state index is 13.0. The van der Waals surface area contributed by atoms with Crippen LogP contribution in [0.3, 0.4) is 0 Å². The Kier molecular flexibility index (Phi) is 5.05.